The molecule has 2 aliphatic rings. The van der Waals surface area contributed by atoms with Gasteiger partial charge in [0.05, 0.1) is 0 Å². The summed E-state index contributed by atoms with van der Waals surface area (Å²) in [7, 11) is -4.90. The van der Waals surface area contributed by atoms with Crippen LogP contribution in [-0.2, 0) is 10.0 Å². The summed E-state index contributed by atoms with van der Waals surface area (Å²) < 4.78 is 92.7. The van der Waals surface area contributed by atoms with Gasteiger partial charge < -0.3 is 0 Å². The van der Waals surface area contributed by atoms with E-state index < -0.39 is 49.9 Å². The molecule has 27 heavy (non-hydrogen) atoms. The topological polar surface area (TPSA) is 63.2 Å². The van der Waals surface area contributed by atoms with E-state index in [1.165, 1.54) is 0 Å². The molecule has 1 aliphatic heterocycles. The van der Waals surface area contributed by atoms with Crippen LogP contribution in [0.1, 0.15) is 36.1 Å². The standard InChI is InChI=1S/C16H12F5N3O2S/c17-10-11(18)13(20)15(14(21)12(10)19)27(25,26)24-5-9(6-24)16-22-3-8(4-23-16)7-1-2-7/h3-4,7,9H,1-2,5-6H2. The molecule has 2 heterocycles. The first kappa shape index (κ1) is 18.2. The van der Waals surface area contributed by atoms with Gasteiger partial charge in [0.1, 0.15) is 5.82 Å². The molecule has 1 aromatic heterocycles. The van der Waals surface area contributed by atoms with Crippen molar-refractivity contribution < 1.29 is 30.4 Å². The molecule has 1 saturated carbocycles. The Labute approximate surface area is 150 Å². The fourth-order valence-electron chi connectivity index (χ4n) is 2.92. The van der Waals surface area contributed by atoms with Gasteiger partial charge in [-0.25, -0.2) is 40.3 Å². The largest absolute Gasteiger partial charge is 0.249 e. The minimum absolute atomic E-state index is 0.218. The normalized spacial score (nSPS) is 18.6. The molecule has 0 unspecified atom stereocenters. The van der Waals surface area contributed by atoms with Crippen molar-refractivity contribution in [3.05, 3.63) is 52.9 Å². The van der Waals surface area contributed by atoms with Crippen LogP contribution in [0.4, 0.5) is 22.0 Å². The smallest absolute Gasteiger partial charge is 0.241 e. The van der Waals surface area contributed by atoms with Gasteiger partial charge in [0.2, 0.25) is 15.8 Å². The van der Waals surface area contributed by atoms with Crippen LogP contribution in [0.25, 0.3) is 0 Å². The van der Waals surface area contributed by atoms with Crippen molar-refractivity contribution >= 4 is 10.0 Å². The molecule has 0 N–H and O–H groups in total. The van der Waals surface area contributed by atoms with Gasteiger partial charge in [0.15, 0.2) is 28.2 Å². The summed E-state index contributed by atoms with van der Waals surface area (Å²) in [5.41, 5.74) is 0.990. The zero-order valence-electron chi connectivity index (χ0n) is 13.6. The Morgan fingerprint density at radius 3 is 1.78 bits per heavy atom. The summed E-state index contributed by atoms with van der Waals surface area (Å²) in [4.78, 5) is 6.51. The first-order valence-corrected chi connectivity index (χ1v) is 9.49. The third-order valence-electron chi connectivity index (χ3n) is 4.72. The average molecular weight is 405 g/mol. The Morgan fingerprint density at radius 1 is 0.815 bits per heavy atom. The van der Waals surface area contributed by atoms with Crippen LogP contribution < -0.4 is 0 Å². The molecule has 2 aromatic rings. The molecule has 0 bridgehead atoms. The summed E-state index contributed by atoms with van der Waals surface area (Å²) >= 11 is 0. The summed E-state index contributed by atoms with van der Waals surface area (Å²) in [6.45, 7) is -0.435. The number of sulfonamides is 1. The van der Waals surface area contributed by atoms with Crippen LogP contribution in [-0.4, -0.2) is 35.8 Å². The summed E-state index contributed by atoms with van der Waals surface area (Å²) in [6, 6.07) is 0. The fourth-order valence-corrected chi connectivity index (χ4v) is 4.57. The molecule has 1 aliphatic carbocycles. The van der Waals surface area contributed by atoms with E-state index in [4.69, 9.17) is 0 Å². The fraction of sp³-hybridized carbons (Fsp3) is 0.375. The Kier molecular flexibility index (Phi) is 4.18. The zero-order chi connectivity index (χ0) is 19.5. The minimum Gasteiger partial charge on any atom is -0.241 e. The Morgan fingerprint density at radius 2 is 1.30 bits per heavy atom. The molecular formula is C16H12F5N3O2S. The van der Waals surface area contributed by atoms with Crippen molar-refractivity contribution in [2.45, 2.75) is 29.6 Å². The molecule has 144 valence electrons. The van der Waals surface area contributed by atoms with Crippen molar-refractivity contribution in [2.75, 3.05) is 13.1 Å². The van der Waals surface area contributed by atoms with Gasteiger partial charge >= 0.3 is 0 Å². The van der Waals surface area contributed by atoms with Crippen molar-refractivity contribution in [1.82, 2.24) is 14.3 Å². The van der Waals surface area contributed by atoms with Crippen LogP contribution in [0, 0.1) is 29.1 Å². The van der Waals surface area contributed by atoms with E-state index in [0.29, 0.717) is 16.0 Å². The number of aromatic nitrogens is 2. The van der Waals surface area contributed by atoms with Gasteiger partial charge in [-0.3, -0.25) is 0 Å². The lowest BCUT2D eigenvalue weighted by Gasteiger charge is -2.37. The highest BCUT2D eigenvalue weighted by molar-refractivity contribution is 7.89. The highest BCUT2D eigenvalue weighted by Crippen LogP contribution is 2.40. The van der Waals surface area contributed by atoms with E-state index in [0.717, 1.165) is 18.4 Å². The Hall–Kier alpha value is -2.14. The van der Waals surface area contributed by atoms with E-state index in [2.05, 4.69) is 9.97 Å². The molecule has 0 atom stereocenters. The molecule has 11 heteroatoms. The highest BCUT2D eigenvalue weighted by atomic mass is 32.2. The lowest BCUT2D eigenvalue weighted by atomic mass is 10.0. The lowest BCUT2D eigenvalue weighted by Crippen LogP contribution is -2.49. The predicted octanol–water partition coefficient (Wildman–Crippen LogP) is 2.84. The molecule has 2 fully saturated rings. The van der Waals surface area contributed by atoms with Crippen LogP contribution in [0.2, 0.25) is 0 Å². The van der Waals surface area contributed by atoms with E-state index in [-0.39, 0.29) is 13.1 Å². The van der Waals surface area contributed by atoms with Crippen molar-refractivity contribution in [3.63, 3.8) is 0 Å². The van der Waals surface area contributed by atoms with Gasteiger partial charge in [-0.2, -0.15) is 4.31 Å². The van der Waals surface area contributed by atoms with Gasteiger partial charge in [0, 0.05) is 31.4 Å². The molecule has 0 radical (unpaired) electrons. The third-order valence-corrected chi connectivity index (χ3v) is 6.57. The van der Waals surface area contributed by atoms with E-state index >= 15 is 0 Å². The maximum absolute atomic E-state index is 13.8. The molecular weight excluding hydrogens is 393 g/mol. The Bertz CT molecular complexity index is 990. The van der Waals surface area contributed by atoms with Gasteiger partial charge in [-0.1, -0.05) is 0 Å². The number of rotatable bonds is 4. The number of nitrogens with zero attached hydrogens (tertiary/aromatic N) is 3. The number of benzene rings is 1. The minimum atomic E-state index is -4.90. The molecule has 5 nitrogen and oxygen atoms in total. The second-order valence-corrected chi connectivity index (χ2v) is 8.44. The van der Waals surface area contributed by atoms with E-state index in [1.807, 2.05) is 0 Å². The third kappa shape index (κ3) is 2.89. The maximum atomic E-state index is 13.8. The summed E-state index contributed by atoms with van der Waals surface area (Å²) in [6.07, 6.45) is 5.45. The molecule has 1 aromatic carbocycles. The lowest BCUT2D eigenvalue weighted by molar-refractivity contribution is 0.252. The number of halogens is 5. The van der Waals surface area contributed by atoms with Crippen molar-refractivity contribution in [3.8, 4) is 0 Å². The molecule has 0 amide bonds. The van der Waals surface area contributed by atoms with Crippen LogP contribution >= 0.6 is 0 Å². The number of hydrogen-bond donors (Lipinski definition) is 0. The molecule has 0 spiro atoms. The number of hydrogen-bond acceptors (Lipinski definition) is 4. The van der Waals surface area contributed by atoms with Gasteiger partial charge in [0.25, 0.3) is 0 Å². The van der Waals surface area contributed by atoms with E-state index in [1.54, 1.807) is 12.4 Å². The quantitative estimate of drug-likeness (QED) is 0.446. The average Bonchev–Trinajstić information content (AvgIpc) is 3.42. The second kappa shape index (κ2) is 6.20. The highest BCUT2D eigenvalue weighted by Gasteiger charge is 2.43. The first-order valence-electron chi connectivity index (χ1n) is 8.05. The first-order chi connectivity index (χ1) is 12.7. The van der Waals surface area contributed by atoms with Crippen molar-refractivity contribution in [1.29, 1.82) is 0 Å². The summed E-state index contributed by atoms with van der Waals surface area (Å²) in [5, 5.41) is 0. The maximum Gasteiger partial charge on any atom is 0.249 e. The van der Waals surface area contributed by atoms with Gasteiger partial charge in [-0.05, 0) is 24.3 Å². The molecule has 1 saturated heterocycles. The van der Waals surface area contributed by atoms with Crippen LogP contribution in [0.15, 0.2) is 17.3 Å². The molecule has 4 rings (SSSR count). The monoisotopic (exact) mass is 405 g/mol. The zero-order valence-corrected chi connectivity index (χ0v) is 14.4. The predicted molar refractivity (Wildman–Crippen MR) is 81.7 cm³/mol. The van der Waals surface area contributed by atoms with Crippen LogP contribution in [0.3, 0.4) is 0 Å². The van der Waals surface area contributed by atoms with Crippen molar-refractivity contribution in [2.24, 2.45) is 0 Å². The van der Waals surface area contributed by atoms with Crippen LogP contribution in [0.5, 0.6) is 0 Å². The summed E-state index contributed by atoms with van der Waals surface area (Å²) in [5.74, 6) is -11.4. The SMILES string of the molecule is O=S(=O)(c1c(F)c(F)c(F)c(F)c1F)N1CC(c2ncc(C3CC3)cn2)C1. The van der Waals surface area contributed by atoms with Gasteiger partial charge in [-0.15, -0.1) is 0 Å². The Balaban J connectivity index is 1.57. The second-order valence-electron chi connectivity index (χ2n) is 6.57. The van der Waals surface area contributed by atoms with E-state index in [9.17, 15) is 30.4 Å².